The molecule has 0 aromatic heterocycles. The summed E-state index contributed by atoms with van der Waals surface area (Å²) in [5.74, 6) is 0.760. The summed E-state index contributed by atoms with van der Waals surface area (Å²) in [5, 5.41) is 3.53. The van der Waals surface area contributed by atoms with Crippen molar-refractivity contribution in [3.63, 3.8) is 0 Å². The number of hydrogen-bond donors (Lipinski definition) is 1. The van der Waals surface area contributed by atoms with E-state index in [1.54, 1.807) is 0 Å². The van der Waals surface area contributed by atoms with Crippen LogP contribution < -0.4 is 5.32 Å². The van der Waals surface area contributed by atoms with Gasteiger partial charge in [-0.25, -0.2) is 0 Å². The predicted octanol–water partition coefficient (Wildman–Crippen LogP) is 3.13. The first-order chi connectivity index (χ1) is 7.91. The Balaban J connectivity index is 2.14. The van der Waals surface area contributed by atoms with Crippen LogP contribution in [0.5, 0.6) is 0 Å². The molecule has 0 aromatic rings. The molecule has 0 bridgehead atoms. The van der Waals surface area contributed by atoms with E-state index < -0.39 is 0 Å². The lowest BCUT2D eigenvalue weighted by Crippen LogP contribution is -2.40. The molecule has 0 spiro atoms. The van der Waals surface area contributed by atoms with Gasteiger partial charge in [-0.3, -0.25) is 0 Å². The zero-order chi connectivity index (χ0) is 12.9. The second-order valence-corrected chi connectivity index (χ2v) is 6.97. The second kappa shape index (κ2) is 6.75. The van der Waals surface area contributed by atoms with E-state index in [0.29, 0.717) is 5.41 Å². The van der Waals surface area contributed by atoms with Crippen LogP contribution in [0, 0.1) is 11.3 Å². The van der Waals surface area contributed by atoms with Gasteiger partial charge >= 0.3 is 0 Å². The Labute approximate surface area is 108 Å². The first-order valence-electron chi connectivity index (χ1n) is 7.32. The van der Waals surface area contributed by atoms with Crippen molar-refractivity contribution < 1.29 is 0 Å². The van der Waals surface area contributed by atoms with Gasteiger partial charge in [-0.05, 0) is 50.6 Å². The Bertz CT molecular complexity index is 201. The average molecular weight is 240 g/mol. The largest absolute Gasteiger partial charge is 0.315 e. The summed E-state index contributed by atoms with van der Waals surface area (Å²) in [5.41, 5.74) is 0.591. The Kier molecular flexibility index (Phi) is 5.94. The molecule has 1 saturated carbocycles. The Morgan fingerprint density at radius 3 is 2.35 bits per heavy atom. The molecule has 0 unspecified atom stereocenters. The van der Waals surface area contributed by atoms with Crippen LogP contribution in [0.15, 0.2) is 0 Å². The highest BCUT2D eigenvalue weighted by Gasteiger charge is 2.28. The van der Waals surface area contributed by atoms with Crippen molar-refractivity contribution in [3.05, 3.63) is 0 Å². The highest BCUT2D eigenvalue weighted by molar-refractivity contribution is 4.82. The summed E-state index contributed by atoms with van der Waals surface area (Å²) in [6.45, 7) is 12.8. The van der Waals surface area contributed by atoms with Crippen molar-refractivity contribution in [3.8, 4) is 0 Å². The fourth-order valence-corrected chi connectivity index (χ4v) is 2.65. The van der Waals surface area contributed by atoms with E-state index in [-0.39, 0.29) is 0 Å². The van der Waals surface area contributed by atoms with Crippen molar-refractivity contribution in [1.82, 2.24) is 10.2 Å². The lowest BCUT2D eigenvalue weighted by Gasteiger charge is -2.38. The van der Waals surface area contributed by atoms with Gasteiger partial charge in [0.1, 0.15) is 0 Å². The zero-order valence-corrected chi connectivity index (χ0v) is 12.6. The van der Waals surface area contributed by atoms with Gasteiger partial charge in [-0.15, -0.1) is 0 Å². The van der Waals surface area contributed by atoms with Gasteiger partial charge in [0.2, 0.25) is 0 Å². The van der Waals surface area contributed by atoms with Crippen LogP contribution in [0.4, 0.5) is 0 Å². The molecular weight excluding hydrogens is 208 g/mol. The summed E-state index contributed by atoms with van der Waals surface area (Å²) in [6, 6.07) is 0.823. The smallest absolute Gasteiger partial charge is 0.0107 e. The lowest BCUT2D eigenvalue weighted by molar-refractivity contribution is 0.128. The molecule has 0 atom stereocenters. The van der Waals surface area contributed by atoms with E-state index >= 15 is 0 Å². The predicted molar refractivity (Wildman–Crippen MR) is 76.4 cm³/mol. The van der Waals surface area contributed by atoms with E-state index in [1.165, 1.54) is 32.2 Å². The number of nitrogens with zero attached hydrogens (tertiary/aromatic N) is 1. The standard InChI is InChI=1S/C15H32N2/c1-13(2)12-16-10-11-17(5)14-6-8-15(3,4)9-7-14/h13-14,16H,6-12H2,1-5H3. The summed E-state index contributed by atoms with van der Waals surface area (Å²) in [7, 11) is 2.29. The minimum atomic E-state index is 0.591. The summed E-state index contributed by atoms with van der Waals surface area (Å²) in [4.78, 5) is 2.56. The van der Waals surface area contributed by atoms with Crippen LogP contribution in [-0.2, 0) is 0 Å². The fraction of sp³-hybridized carbons (Fsp3) is 1.00. The third-order valence-electron chi connectivity index (χ3n) is 4.13. The van der Waals surface area contributed by atoms with Crippen LogP contribution >= 0.6 is 0 Å². The lowest BCUT2D eigenvalue weighted by atomic mass is 9.75. The van der Waals surface area contributed by atoms with E-state index in [4.69, 9.17) is 0 Å². The van der Waals surface area contributed by atoms with Crippen molar-refractivity contribution >= 4 is 0 Å². The normalized spacial score (nSPS) is 21.4. The highest BCUT2D eigenvalue weighted by Crippen LogP contribution is 2.36. The molecule has 1 aliphatic rings. The van der Waals surface area contributed by atoms with Gasteiger partial charge in [0.25, 0.3) is 0 Å². The minimum Gasteiger partial charge on any atom is -0.315 e. The third-order valence-corrected chi connectivity index (χ3v) is 4.13. The van der Waals surface area contributed by atoms with Gasteiger partial charge in [0, 0.05) is 19.1 Å². The van der Waals surface area contributed by atoms with E-state index in [9.17, 15) is 0 Å². The molecule has 0 amide bonds. The molecule has 1 aliphatic carbocycles. The SMILES string of the molecule is CC(C)CNCCN(C)C1CCC(C)(C)CC1. The number of hydrogen-bond acceptors (Lipinski definition) is 2. The van der Waals surface area contributed by atoms with Gasteiger partial charge in [-0.2, -0.15) is 0 Å². The molecule has 0 aliphatic heterocycles. The average Bonchev–Trinajstić information content (AvgIpc) is 2.23. The summed E-state index contributed by atoms with van der Waals surface area (Å²) >= 11 is 0. The van der Waals surface area contributed by atoms with E-state index in [2.05, 4.69) is 45.0 Å². The van der Waals surface area contributed by atoms with Gasteiger partial charge in [0.15, 0.2) is 0 Å². The topological polar surface area (TPSA) is 15.3 Å². The summed E-state index contributed by atoms with van der Waals surface area (Å²) in [6.07, 6.45) is 5.55. The van der Waals surface area contributed by atoms with Crippen LogP contribution in [0.2, 0.25) is 0 Å². The third kappa shape index (κ3) is 5.87. The van der Waals surface area contributed by atoms with Crippen molar-refractivity contribution in [2.75, 3.05) is 26.7 Å². The number of likely N-dealkylation sites (N-methyl/N-ethyl adjacent to an activating group) is 1. The van der Waals surface area contributed by atoms with Gasteiger partial charge < -0.3 is 10.2 Å². The highest BCUT2D eigenvalue weighted by atomic mass is 15.1. The first kappa shape index (κ1) is 15.0. The van der Waals surface area contributed by atoms with Gasteiger partial charge in [0.05, 0.1) is 0 Å². The molecule has 0 radical (unpaired) electrons. The summed E-state index contributed by atoms with van der Waals surface area (Å²) < 4.78 is 0. The monoisotopic (exact) mass is 240 g/mol. The molecule has 0 aromatic carbocycles. The van der Waals surface area contributed by atoms with Gasteiger partial charge in [-0.1, -0.05) is 27.7 Å². The molecule has 17 heavy (non-hydrogen) atoms. The van der Waals surface area contributed by atoms with E-state index in [1.807, 2.05) is 0 Å². The molecule has 0 heterocycles. The van der Waals surface area contributed by atoms with Crippen LogP contribution in [-0.4, -0.2) is 37.6 Å². The maximum Gasteiger partial charge on any atom is 0.0107 e. The zero-order valence-electron chi connectivity index (χ0n) is 12.6. The Morgan fingerprint density at radius 2 is 1.82 bits per heavy atom. The maximum absolute atomic E-state index is 3.53. The molecule has 2 nitrogen and oxygen atoms in total. The van der Waals surface area contributed by atoms with Crippen LogP contribution in [0.1, 0.15) is 53.4 Å². The second-order valence-electron chi connectivity index (χ2n) is 6.97. The van der Waals surface area contributed by atoms with Crippen molar-refractivity contribution in [2.45, 2.75) is 59.4 Å². The molecular formula is C15H32N2. The van der Waals surface area contributed by atoms with Crippen molar-refractivity contribution in [1.29, 1.82) is 0 Å². The van der Waals surface area contributed by atoms with E-state index in [0.717, 1.165) is 25.0 Å². The minimum absolute atomic E-state index is 0.591. The quantitative estimate of drug-likeness (QED) is 0.718. The fourth-order valence-electron chi connectivity index (χ4n) is 2.65. The Morgan fingerprint density at radius 1 is 1.24 bits per heavy atom. The Hall–Kier alpha value is -0.0800. The molecule has 0 saturated heterocycles. The molecule has 102 valence electrons. The molecule has 2 heteroatoms. The van der Waals surface area contributed by atoms with Crippen LogP contribution in [0.25, 0.3) is 0 Å². The molecule has 1 rings (SSSR count). The molecule has 1 N–H and O–H groups in total. The molecule has 1 fully saturated rings. The maximum atomic E-state index is 3.53. The van der Waals surface area contributed by atoms with Crippen LogP contribution in [0.3, 0.4) is 0 Å². The van der Waals surface area contributed by atoms with Crippen molar-refractivity contribution in [2.24, 2.45) is 11.3 Å². The first-order valence-corrected chi connectivity index (χ1v) is 7.32. The number of nitrogens with one attached hydrogen (secondary N) is 1. The number of rotatable bonds is 6.